The molecule has 0 radical (unpaired) electrons. The molecule has 1 aliphatic carbocycles. The van der Waals surface area contributed by atoms with Crippen molar-refractivity contribution in [1.82, 2.24) is 15.0 Å². The second kappa shape index (κ2) is 10.4. The number of aliphatic hydroxyl groups is 1. The highest BCUT2D eigenvalue weighted by Gasteiger charge is 2.35. The normalized spacial score (nSPS) is 20.2. The first-order chi connectivity index (χ1) is 15.6. The van der Waals surface area contributed by atoms with Crippen molar-refractivity contribution in [3.8, 4) is 18.2 Å². The minimum absolute atomic E-state index is 0.0570. The zero-order valence-electron chi connectivity index (χ0n) is 18.8. The highest BCUT2D eigenvalue weighted by molar-refractivity contribution is 5.52. The average Bonchev–Trinajstić information content (AvgIpc) is 2.75. The number of terminal acetylenes is 1. The molecule has 6 nitrogen and oxygen atoms in total. The predicted molar refractivity (Wildman–Crippen MR) is 119 cm³/mol. The van der Waals surface area contributed by atoms with Gasteiger partial charge in [0.05, 0.1) is 11.7 Å². The number of pyridine rings is 1. The summed E-state index contributed by atoms with van der Waals surface area (Å²) >= 11 is 0. The summed E-state index contributed by atoms with van der Waals surface area (Å²) in [5.74, 6) is 3.85. The van der Waals surface area contributed by atoms with E-state index < -0.39 is 12.8 Å². The van der Waals surface area contributed by atoms with E-state index in [1.807, 2.05) is 0 Å². The lowest BCUT2D eigenvalue weighted by Crippen LogP contribution is -2.41. The maximum atomic E-state index is 12.2. The van der Waals surface area contributed by atoms with Crippen LogP contribution in [0, 0.1) is 17.8 Å². The van der Waals surface area contributed by atoms with Crippen molar-refractivity contribution in [2.75, 3.05) is 11.9 Å². The molecule has 2 N–H and O–H groups in total. The number of halogens is 3. The first-order valence-corrected chi connectivity index (χ1v) is 11.0. The Morgan fingerprint density at radius 2 is 2.00 bits per heavy atom. The van der Waals surface area contributed by atoms with E-state index >= 15 is 0 Å². The quantitative estimate of drug-likeness (QED) is 0.569. The monoisotopic (exact) mass is 462 g/mol. The van der Waals surface area contributed by atoms with Crippen LogP contribution in [0.2, 0.25) is 0 Å². The van der Waals surface area contributed by atoms with Gasteiger partial charge in [-0.1, -0.05) is 25.8 Å². The molecule has 2 heterocycles. The molecule has 0 unspecified atom stereocenters. The van der Waals surface area contributed by atoms with Crippen LogP contribution in [0.5, 0.6) is 5.88 Å². The van der Waals surface area contributed by atoms with Gasteiger partial charge in [-0.3, -0.25) is 0 Å². The van der Waals surface area contributed by atoms with E-state index in [-0.39, 0.29) is 23.4 Å². The van der Waals surface area contributed by atoms with Crippen molar-refractivity contribution in [2.45, 2.75) is 70.7 Å². The van der Waals surface area contributed by atoms with Gasteiger partial charge in [-0.05, 0) is 43.1 Å². The van der Waals surface area contributed by atoms with Crippen LogP contribution in [0.15, 0.2) is 24.5 Å². The molecule has 1 fully saturated rings. The van der Waals surface area contributed by atoms with Gasteiger partial charge < -0.3 is 15.2 Å². The summed E-state index contributed by atoms with van der Waals surface area (Å²) < 4.78 is 41.3. The van der Waals surface area contributed by atoms with Crippen molar-refractivity contribution in [3.63, 3.8) is 0 Å². The molecule has 2 atom stereocenters. The van der Waals surface area contributed by atoms with Gasteiger partial charge in [0.1, 0.15) is 11.6 Å². The van der Waals surface area contributed by atoms with Gasteiger partial charge in [-0.25, -0.2) is 15.0 Å². The Kier molecular flexibility index (Phi) is 7.80. The van der Waals surface area contributed by atoms with Gasteiger partial charge in [0.2, 0.25) is 5.88 Å². The first kappa shape index (κ1) is 24.8. The second-order valence-electron chi connectivity index (χ2n) is 9.08. The standard InChI is InChI=1S/C24H29F3N4O2/c1-4-17-14-28-20(31-22(17)30-18-9-10-19(32)23(2,3)12-18)7-5-6-16-8-11-21(29-13-16)33-15-24(25,26)27/h1,8,11,13-14,18-19,32H,5-7,9-10,12,15H2,2-3H3,(H,28,30,31)/t18-,19+/m1/s1. The van der Waals surface area contributed by atoms with Crippen molar-refractivity contribution in [1.29, 1.82) is 0 Å². The number of aliphatic hydroxyl groups excluding tert-OH is 1. The molecule has 178 valence electrons. The summed E-state index contributed by atoms with van der Waals surface area (Å²) in [6, 6.07) is 3.30. The molecule has 3 rings (SSSR count). The van der Waals surface area contributed by atoms with Crippen LogP contribution in [0.1, 0.15) is 56.5 Å². The number of hydrogen-bond donors (Lipinski definition) is 2. The number of nitrogens with one attached hydrogen (secondary N) is 1. The topological polar surface area (TPSA) is 80.2 Å². The molecular formula is C24H29F3N4O2. The minimum Gasteiger partial charge on any atom is -0.468 e. The van der Waals surface area contributed by atoms with Crippen LogP contribution in [0.25, 0.3) is 0 Å². The van der Waals surface area contributed by atoms with E-state index in [2.05, 4.69) is 44.8 Å². The van der Waals surface area contributed by atoms with Gasteiger partial charge in [0.25, 0.3) is 0 Å². The maximum absolute atomic E-state index is 12.2. The number of anilines is 1. The van der Waals surface area contributed by atoms with Crippen LogP contribution >= 0.6 is 0 Å². The smallest absolute Gasteiger partial charge is 0.422 e. The molecule has 0 amide bonds. The van der Waals surface area contributed by atoms with Crippen LogP contribution in [-0.2, 0) is 12.8 Å². The third-order valence-corrected chi connectivity index (χ3v) is 5.85. The molecule has 0 bridgehead atoms. The molecular weight excluding hydrogens is 433 g/mol. The predicted octanol–water partition coefficient (Wildman–Crippen LogP) is 4.32. The highest BCUT2D eigenvalue weighted by atomic mass is 19.4. The first-order valence-electron chi connectivity index (χ1n) is 11.0. The fourth-order valence-electron chi connectivity index (χ4n) is 3.94. The lowest BCUT2D eigenvalue weighted by atomic mass is 9.73. The van der Waals surface area contributed by atoms with Crippen LogP contribution in [0.4, 0.5) is 19.0 Å². The Labute approximate surface area is 192 Å². The molecule has 1 aliphatic rings. The van der Waals surface area contributed by atoms with Gasteiger partial charge >= 0.3 is 6.18 Å². The van der Waals surface area contributed by atoms with Crippen LogP contribution in [0.3, 0.4) is 0 Å². The van der Waals surface area contributed by atoms with E-state index in [0.29, 0.717) is 30.0 Å². The van der Waals surface area contributed by atoms with E-state index in [1.54, 1.807) is 12.3 Å². The van der Waals surface area contributed by atoms with Crippen molar-refractivity contribution in [2.24, 2.45) is 5.41 Å². The Morgan fingerprint density at radius 3 is 2.64 bits per heavy atom. The molecule has 33 heavy (non-hydrogen) atoms. The molecule has 2 aromatic rings. The molecule has 1 saturated carbocycles. The fourth-order valence-corrected chi connectivity index (χ4v) is 3.94. The van der Waals surface area contributed by atoms with Crippen molar-refractivity contribution < 1.29 is 23.0 Å². The number of rotatable bonds is 8. The summed E-state index contributed by atoms with van der Waals surface area (Å²) in [5, 5.41) is 13.6. The third kappa shape index (κ3) is 7.32. The molecule has 0 aromatic carbocycles. The molecule has 9 heteroatoms. The van der Waals surface area contributed by atoms with Gasteiger partial charge in [0, 0.05) is 30.9 Å². The largest absolute Gasteiger partial charge is 0.468 e. The fraction of sp³-hybridized carbons (Fsp3) is 0.542. The van der Waals surface area contributed by atoms with Gasteiger partial charge in [0.15, 0.2) is 6.61 Å². The summed E-state index contributed by atoms with van der Waals surface area (Å²) in [6.07, 6.45) is 8.47. The highest BCUT2D eigenvalue weighted by Crippen LogP contribution is 2.36. The summed E-state index contributed by atoms with van der Waals surface area (Å²) in [5.41, 5.74) is 1.31. The summed E-state index contributed by atoms with van der Waals surface area (Å²) in [6.45, 7) is 2.76. The maximum Gasteiger partial charge on any atom is 0.422 e. The molecule has 0 spiro atoms. The average molecular weight is 463 g/mol. The van der Waals surface area contributed by atoms with E-state index in [4.69, 9.17) is 6.42 Å². The molecule has 0 aliphatic heterocycles. The molecule has 2 aromatic heterocycles. The minimum atomic E-state index is -4.39. The number of alkyl halides is 3. The summed E-state index contributed by atoms with van der Waals surface area (Å²) in [7, 11) is 0. The number of aryl methyl sites for hydroxylation is 2. The number of hydrogen-bond acceptors (Lipinski definition) is 6. The second-order valence-corrected chi connectivity index (χ2v) is 9.08. The zero-order chi connectivity index (χ0) is 24.1. The van der Waals surface area contributed by atoms with Crippen molar-refractivity contribution in [3.05, 3.63) is 41.5 Å². The lowest BCUT2D eigenvalue weighted by molar-refractivity contribution is -0.154. The Bertz CT molecular complexity index is 971. The van der Waals surface area contributed by atoms with E-state index in [1.165, 1.54) is 12.3 Å². The summed E-state index contributed by atoms with van der Waals surface area (Å²) in [4.78, 5) is 12.9. The Hall–Kier alpha value is -2.86. The number of nitrogens with zero attached hydrogens (tertiary/aromatic N) is 3. The van der Waals surface area contributed by atoms with E-state index in [0.717, 1.165) is 31.2 Å². The van der Waals surface area contributed by atoms with E-state index in [9.17, 15) is 18.3 Å². The lowest BCUT2D eigenvalue weighted by Gasteiger charge is -2.40. The zero-order valence-corrected chi connectivity index (χ0v) is 18.8. The van der Waals surface area contributed by atoms with Crippen molar-refractivity contribution >= 4 is 5.82 Å². The van der Waals surface area contributed by atoms with Crippen LogP contribution in [-0.4, -0.2) is 45.0 Å². The SMILES string of the molecule is C#Cc1cnc(CCCc2ccc(OCC(F)(F)F)nc2)nc1N[C@@H]1CC[C@H](O)C(C)(C)C1. The van der Waals surface area contributed by atoms with Gasteiger partial charge in [-0.2, -0.15) is 13.2 Å². The number of aromatic nitrogens is 3. The van der Waals surface area contributed by atoms with Crippen LogP contribution < -0.4 is 10.1 Å². The number of ether oxygens (including phenoxy) is 1. The van der Waals surface area contributed by atoms with Gasteiger partial charge in [-0.15, -0.1) is 6.42 Å². The Balaban J connectivity index is 1.55. The molecule has 0 saturated heterocycles. The third-order valence-electron chi connectivity index (χ3n) is 5.85. The Morgan fingerprint density at radius 1 is 1.21 bits per heavy atom.